The Morgan fingerprint density at radius 3 is 1.25 bits per heavy atom. The molecule has 0 aromatic rings. The van der Waals surface area contributed by atoms with Crippen LogP contribution in [0.15, 0.2) is 0 Å². The molecule has 0 aliphatic heterocycles. The third-order valence-electron chi connectivity index (χ3n) is 0. The van der Waals surface area contributed by atoms with Crippen molar-refractivity contribution in [2.45, 2.75) is 0 Å². The average molecular weight is 107 g/mol. The zero-order chi connectivity index (χ0) is 2.00. The second kappa shape index (κ2) is 43.3. The van der Waals surface area contributed by atoms with Crippen LogP contribution in [0.1, 0.15) is 0 Å². The molecule has 4 heteroatoms. The molecule has 0 atom stereocenters. The fourth-order valence-corrected chi connectivity index (χ4v) is 0. The Morgan fingerprint density at radius 2 is 1.25 bits per heavy atom. The first kappa shape index (κ1) is 21.0. The smallest absolute Gasteiger partial charge is 0.138 e. The van der Waals surface area contributed by atoms with Crippen LogP contribution >= 0.6 is 9.12 Å². The normalized spacial score (nSPS) is 1.00. The van der Waals surface area contributed by atoms with Crippen molar-refractivity contribution in [3.05, 3.63) is 0 Å². The molecule has 0 heterocycles. The summed E-state index contributed by atoms with van der Waals surface area (Å²) in [6, 6.07) is 0. The van der Waals surface area contributed by atoms with Crippen molar-refractivity contribution < 1.29 is 4.57 Å². The molecule has 3 radical (unpaired) electrons. The van der Waals surface area contributed by atoms with E-state index in [0.29, 0.717) is 0 Å². The van der Waals surface area contributed by atoms with Gasteiger partial charge >= 0.3 is 0 Å². The highest BCUT2D eigenvalue weighted by atomic mass is 31.0. The van der Waals surface area contributed by atoms with E-state index in [9.17, 15) is 0 Å². The quantitative estimate of drug-likeness (QED) is 0.276. The van der Waals surface area contributed by atoms with Crippen molar-refractivity contribution in [1.82, 2.24) is 0 Å². The van der Waals surface area contributed by atoms with Gasteiger partial charge in [-0.2, -0.15) is 0 Å². The van der Waals surface area contributed by atoms with Gasteiger partial charge in [-0.3, -0.25) is 4.57 Å². The minimum atomic E-state index is 0. The monoisotopic (exact) mass is 107 g/mol. The molecule has 4 heavy (non-hydrogen) atoms. The molecule has 0 aliphatic rings. The minimum Gasteiger partial charge on any atom is -0.279 e. The van der Waals surface area contributed by atoms with Crippen molar-refractivity contribution in [3.63, 3.8) is 0 Å². The standard InChI is InChI=1S/Al.HOP.H3Si.H/c;1-2;;/h;2H;1H3;. The van der Waals surface area contributed by atoms with Gasteiger partial charge < -0.3 is 0 Å². The Balaban J connectivity index is -0.00000000500. The number of hydrogen-bond acceptors (Lipinski definition) is 1. The van der Waals surface area contributed by atoms with E-state index in [1.165, 1.54) is 0 Å². The van der Waals surface area contributed by atoms with Gasteiger partial charge in [0.05, 0.1) is 17.4 Å². The summed E-state index contributed by atoms with van der Waals surface area (Å²) < 4.78 is 8.06. The molecular weight excluding hydrogens is 102 g/mol. The molecule has 23 valence electrons. The third-order valence-corrected chi connectivity index (χ3v) is 0. The zero-order valence-electron chi connectivity index (χ0n) is 2.62. The molecule has 0 amide bonds. The fraction of sp³-hybridized carbons (Fsp3) is 0. The van der Waals surface area contributed by atoms with Crippen LogP contribution in [0, 0.1) is 0 Å². The molecule has 0 bridgehead atoms. The van der Waals surface area contributed by atoms with E-state index in [0.717, 1.165) is 0 Å². The first-order chi connectivity index (χ1) is 1.00. The Hall–Kier alpha value is 0.849. The van der Waals surface area contributed by atoms with Crippen molar-refractivity contribution >= 4 is 37.4 Å². The lowest BCUT2D eigenvalue weighted by atomic mass is 16.0. The van der Waals surface area contributed by atoms with Crippen molar-refractivity contribution in [2.24, 2.45) is 0 Å². The van der Waals surface area contributed by atoms with Gasteiger partial charge in [0.15, 0.2) is 0 Å². The van der Waals surface area contributed by atoms with Gasteiger partial charge in [0.1, 0.15) is 9.12 Å². The maximum Gasteiger partial charge on any atom is 0.138 e. The van der Waals surface area contributed by atoms with Gasteiger partial charge in [-0.15, -0.1) is 0 Å². The topological polar surface area (TPSA) is 17.1 Å². The van der Waals surface area contributed by atoms with Crippen molar-refractivity contribution in [1.29, 1.82) is 0 Å². The fourth-order valence-electron chi connectivity index (χ4n) is 0. The van der Waals surface area contributed by atoms with Crippen LogP contribution in [0.2, 0.25) is 0 Å². The summed E-state index contributed by atoms with van der Waals surface area (Å²) >= 11 is 0. The van der Waals surface area contributed by atoms with Gasteiger partial charge in [0, 0.05) is 0 Å². The van der Waals surface area contributed by atoms with Crippen LogP contribution in [-0.4, -0.2) is 28.3 Å². The molecule has 0 fully saturated rings. The van der Waals surface area contributed by atoms with E-state index in [-0.39, 0.29) is 28.3 Å². The number of rotatable bonds is 0. The molecule has 0 saturated heterocycles. The van der Waals surface area contributed by atoms with Gasteiger partial charge in [-0.1, -0.05) is 0 Å². The van der Waals surface area contributed by atoms with Crippen LogP contribution in [0.25, 0.3) is 0 Å². The summed E-state index contributed by atoms with van der Waals surface area (Å²) in [6.45, 7) is 0. The van der Waals surface area contributed by atoms with Gasteiger partial charge in [0.25, 0.3) is 0 Å². The van der Waals surface area contributed by atoms with E-state index < -0.39 is 0 Å². The van der Waals surface area contributed by atoms with E-state index in [4.69, 9.17) is 4.57 Å². The Kier molecular flexibility index (Phi) is 228. The maximum atomic E-state index is 8.06. The minimum absolute atomic E-state index is 0. The van der Waals surface area contributed by atoms with Crippen LogP contribution in [0.5, 0.6) is 0 Å². The summed E-state index contributed by atoms with van der Waals surface area (Å²) in [7, 11) is 1.72. The third kappa shape index (κ3) is 13.5. The van der Waals surface area contributed by atoms with Crippen LogP contribution in [0.3, 0.4) is 0 Å². The SMILES string of the molecule is O=P.[AlH].[SiH3]. The molecule has 0 aromatic heterocycles. The second-order valence-electron chi connectivity index (χ2n) is 0. The average Bonchev–Trinajstić information content (AvgIpc) is 1.00. The first-order valence-electron chi connectivity index (χ1n) is 0.204. The Morgan fingerprint density at radius 1 is 1.25 bits per heavy atom. The van der Waals surface area contributed by atoms with Crippen molar-refractivity contribution in [2.75, 3.05) is 0 Å². The highest BCUT2D eigenvalue weighted by Gasteiger charge is 0.667. The van der Waals surface area contributed by atoms with E-state index in [2.05, 4.69) is 0 Å². The summed E-state index contributed by atoms with van der Waals surface area (Å²) in [4.78, 5) is 0. The van der Waals surface area contributed by atoms with Crippen LogP contribution in [-0.2, 0) is 4.57 Å². The highest BCUT2D eigenvalue weighted by Crippen LogP contribution is 1.23. The van der Waals surface area contributed by atoms with Crippen LogP contribution < -0.4 is 0 Å². The lowest BCUT2D eigenvalue weighted by Gasteiger charge is -0.807. The Labute approximate surface area is 42.6 Å². The zero-order valence-corrected chi connectivity index (χ0v) is 7.03. The summed E-state index contributed by atoms with van der Waals surface area (Å²) in [5.74, 6) is 0. The summed E-state index contributed by atoms with van der Waals surface area (Å²) in [6.07, 6.45) is 0. The molecule has 0 spiro atoms. The molecule has 0 aliphatic carbocycles. The predicted molar refractivity (Wildman–Crippen MR) is 26.1 cm³/mol. The van der Waals surface area contributed by atoms with Gasteiger partial charge in [-0.25, -0.2) is 0 Å². The first-order valence-corrected chi connectivity index (χ1v) is 0.612. The summed E-state index contributed by atoms with van der Waals surface area (Å²) in [5, 5.41) is 0. The maximum absolute atomic E-state index is 8.06. The molecule has 1 nitrogen and oxygen atoms in total. The van der Waals surface area contributed by atoms with E-state index in [1.807, 2.05) is 0 Å². The summed E-state index contributed by atoms with van der Waals surface area (Å²) in [5.41, 5.74) is 0. The molecule has 0 aromatic carbocycles. The highest BCUT2D eigenvalue weighted by molar-refractivity contribution is 7.00. The van der Waals surface area contributed by atoms with E-state index in [1.54, 1.807) is 9.12 Å². The predicted octanol–water partition coefficient (Wildman–Crippen LogP) is -1.36. The second-order valence-corrected chi connectivity index (χ2v) is 0. The molecule has 0 N–H and O–H groups in total. The lowest BCUT2D eigenvalue weighted by molar-refractivity contribution is 0.607. The van der Waals surface area contributed by atoms with Crippen LogP contribution in [0.4, 0.5) is 0 Å². The molecular formula is H5AlOPSi. The largest absolute Gasteiger partial charge is 0.279 e. The molecule has 0 saturated carbocycles. The van der Waals surface area contributed by atoms with Gasteiger partial charge in [0.2, 0.25) is 0 Å². The van der Waals surface area contributed by atoms with E-state index >= 15 is 0 Å². The number of hydrogen-bond donors (Lipinski definition) is 0. The lowest BCUT2D eigenvalue weighted by Crippen LogP contribution is -0.489. The van der Waals surface area contributed by atoms with Gasteiger partial charge in [-0.05, 0) is 11.0 Å². The molecule has 0 rings (SSSR count). The van der Waals surface area contributed by atoms with Crippen molar-refractivity contribution in [3.8, 4) is 0 Å². The molecule has 0 unspecified atom stereocenters. The Bertz CT molecular complexity index is 8.00.